The van der Waals surface area contributed by atoms with Crippen LogP contribution < -0.4 is 10.9 Å². The van der Waals surface area contributed by atoms with Gasteiger partial charge in [-0.05, 0) is 35.4 Å². The fourth-order valence-corrected chi connectivity index (χ4v) is 2.42. The molecular formula is C17H12N2O6. The van der Waals surface area contributed by atoms with Crippen molar-refractivity contribution in [2.75, 3.05) is 6.54 Å². The van der Waals surface area contributed by atoms with Gasteiger partial charge < -0.3 is 19.9 Å². The van der Waals surface area contributed by atoms with Gasteiger partial charge in [-0.1, -0.05) is 6.07 Å². The summed E-state index contributed by atoms with van der Waals surface area (Å²) in [7, 11) is 0. The van der Waals surface area contributed by atoms with E-state index in [1.807, 2.05) is 0 Å². The lowest BCUT2D eigenvalue weighted by Crippen LogP contribution is -2.32. The third kappa shape index (κ3) is 3.18. The fourth-order valence-electron chi connectivity index (χ4n) is 2.42. The molecule has 1 aromatic carbocycles. The number of amides is 1. The molecule has 3 N–H and O–H groups in total. The highest BCUT2D eigenvalue weighted by atomic mass is 16.5. The normalized spacial score (nSPS) is 10.6. The van der Waals surface area contributed by atoms with E-state index in [1.54, 1.807) is 36.7 Å². The van der Waals surface area contributed by atoms with Gasteiger partial charge in [0.2, 0.25) is 0 Å². The Kier molecular flexibility index (Phi) is 4.17. The highest BCUT2D eigenvalue weighted by Gasteiger charge is 2.20. The van der Waals surface area contributed by atoms with Crippen LogP contribution in [0.1, 0.15) is 10.4 Å². The average Bonchev–Trinajstić information content (AvgIpc) is 2.60. The Hall–Kier alpha value is -3.68. The van der Waals surface area contributed by atoms with Crippen LogP contribution in [0, 0.1) is 0 Å². The molecule has 25 heavy (non-hydrogen) atoms. The lowest BCUT2D eigenvalue weighted by Gasteiger charge is -2.08. The van der Waals surface area contributed by atoms with Crippen LogP contribution in [0.4, 0.5) is 0 Å². The number of hydrogen-bond acceptors (Lipinski definition) is 6. The van der Waals surface area contributed by atoms with Gasteiger partial charge in [-0.25, -0.2) is 4.79 Å². The molecule has 0 bridgehead atoms. The Balaban J connectivity index is 2.19. The molecule has 0 aliphatic carbocycles. The van der Waals surface area contributed by atoms with Gasteiger partial charge in [0.15, 0.2) is 0 Å². The number of pyridine rings is 1. The molecule has 0 unspecified atom stereocenters. The van der Waals surface area contributed by atoms with Gasteiger partial charge in [0.05, 0.1) is 5.39 Å². The maximum absolute atomic E-state index is 12.2. The maximum atomic E-state index is 12.2. The van der Waals surface area contributed by atoms with Crippen LogP contribution in [0.15, 0.2) is 51.9 Å². The third-order valence-electron chi connectivity index (χ3n) is 3.55. The molecule has 0 saturated heterocycles. The van der Waals surface area contributed by atoms with E-state index in [9.17, 15) is 19.5 Å². The summed E-state index contributed by atoms with van der Waals surface area (Å²) in [5.74, 6) is -2.76. The van der Waals surface area contributed by atoms with Crippen molar-refractivity contribution < 1.29 is 24.2 Å². The number of benzene rings is 1. The number of nitrogens with one attached hydrogen (secondary N) is 1. The minimum Gasteiger partial charge on any atom is -0.480 e. The van der Waals surface area contributed by atoms with Crippen LogP contribution in [0.25, 0.3) is 21.9 Å². The molecule has 0 spiro atoms. The van der Waals surface area contributed by atoms with Gasteiger partial charge in [-0.3, -0.25) is 14.6 Å². The first-order valence-electron chi connectivity index (χ1n) is 7.17. The number of carboxylic acids is 1. The number of hydrogen-bond donors (Lipinski definition) is 3. The van der Waals surface area contributed by atoms with Crippen molar-refractivity contribution in [2.24, 2.45) is 0 Å². The molecule has 8 heteroatoms. The molecular weight excluding hydrogens is 328 g/mol. The smallest absolute Gasteiger partial charge is 0.352 e. The first kappa shape index (κ1) is 16.2. The number of aromatic nitrogens is 1. The Bertz CT molecular complexity index is 1030. The van der Waals surface area contributed by atoms with E-state index in [0.29, 0.717) is 5.56 Å². The number of nitrogens with zero attached hydrogens (tertiary/aromatic N) is 1. The van der Waals surface area contributed by atoms with E-state index in [1.165, 1.54) is 6.07 Å². The van der Waals surface area contributed by atoms with E-state index < -0.39 is 30.0 Å². The zero-order valence-electron chi connectivity index (χ0n) is 12.7. The zero-order valence-corrected chi connectivity index (χ0v) is 12.7. The van der Waals surface area contributed by atoms with Gasteiger partial charge in [0.1, 0.15) is 12.1 Å². The molecule has 2 heterocycles. The van der Waals surface area contributed by atoms with Gasteiger partial charge in [0, 0.05) is 17.8 Å². The van der Waals surface area contributed by atoms with Crippen molar-refractivity contribution in [3.63, 3.8) is 0 Å². The van der Waals surface area contributed by atoms with E-state index in [2.05, 4.69) is 14.7 Å². The summed E-state index contributed by atoms with van der Waals surface area (Å²) in [4.78, 5) is 38.8. The second kappa shape index (κ2) is 6.44. The third-order valence-corrected chi connectivity index (χ3v) is 3.55. The van der Waals surface area contributed by atoms with Gasteiger partial charge in [-0.2, -0.15) is 0 Å². The van der Waals surface area contributed by atoms with Crippen LogP contribution in [0.3, 0.4) is 0 Å². The van der Waals surface area contributed by atoms with Gasteiger partial charge >= 0.3 is 11.6 Å². The van der Waals surface area contributed by atoms with E-state index in [-0.39, 0.29) is 16.3 Å². The standard InChI is InChI=1S/C17H12N2O6/c20-13(21)8-19-15(22)14-12-7-10(9-3-5-18-6-4-9)1-2-11(12)16(23)25-17(14)24/h1-7,23H,8H2,(H,19,22)(H,20,21). The van der Waals surface area contributed by atoms with Crippen LogP contribution in [-0.2, 0) is 4.79 Å². The number of rotatable bonds is 4. The van der Waals surface area contributed by atoms with E-state index in [0.717, 1.165) is 5.56 Å². The number of carbonyl (C=O) groups is 2. The van der Waals surface area contributed by atoms with Crippen molar-refractivity contribution in [1.29, 1.82) is 0 Å². The van der Waals surface area contributed by atoms with Crippen molar-refractivity contribution in [1.82, 2.24) is 10.3 Å². The summed E-state index contributed by atoms with van der Waals surface area (Å²) < 4.78 is 4.68. The van der Waals surface area contributed by atoms with Crippen LogP contribution >= 0.6 is 0 Å². The van der Waals surface area contributed by atoms with Crippen molar-refractivity contribution in [3.8, 4) is 17.1 Å². The Morgan fingerprint density at radius 1 is 1.08 bits per heavy atom. The summed E-state index contributed by atoms with van der Waals surface area (Å²) in [6.45, 7) is -0.648. The first-order chi connectivity index (χ1) is 12.0. The second-order valence-electron chi connectivity index (χ2n) is 5.14. The molecule has 3 aromatic rings. The predicted octanol–water partition coefficient (Wildman–Crippen LogP) is 1.37. The number of aliphatic carboxylic acids is 1. The molecule has 0 aliphatic rings. The minimum absolute atomic E-state index is 0.158. The van der Waals surface area contributed by atoms with Crippen molar-refractivity contribution in [2.45, 2.75) is 0 Å². The fraction of sp³-hybridized carbons (Fsp3) is 0.0588. The molecule has 0 saturated carbocycles. The molecule has 0 fully saturated rings. The van der Waals surface area contributed by atoms with Crippen molar-refractivity contribution in [3.05, 3.63) is 58.7 Å². The first-order valence-corrected chi connectivity index (χ1v) is 7.17. The molecule has 0 aliphatic heterocycles. The van der Waals surface area contributed by atoms with Gasteiger partial charge in [0.25, 0.3) is 11.9 Å². The number of carboxylic acid groups (broad SMARTS) is 1. The molecule has 0 radical (unpaired) electrons. The Labute approximate surface area is 140 Å². The maximum Gasteiger partial charge on any atom is 0.352 e. The summed E-state index contributed by atoms with van der Waals surface area (Å²) >= 11 is 0. The zero-order chi connectivity index (χ0) is 18.0. The van der Waals surface area contributed by atoms with Gasteiger partial charge in [-0.15, -0.1) is 0 Å². The molecule has 3 rings (SSSR count). The average molecular weight is 340 g/mol. The minimum atomic E-state index is -1.25. The highest BCUT2D eigenvalue weighted by Crippen LogP contribution is 2.30. The quantitative estimate of drug-likeness (QED) is 0.654. The summed E-state index contributed by atoms with van der Waals surface area (Å²) in [5, 5.41) is 20.9. The summed E-state index contributed by atoms with van der Waals surface area (Å²) in [5.41, 5.74) is 0.0541. The lowest BCUT2D eigenvalue weighted by molar-refractivity contribution is -0.135. The van der Waals surface area contributed by atoms with Crippen molar-refractivity contribution >= 4 is 22.6 Å². The van der Waals surface area contributed by atoms with E-state index in [4.69, 9.17) is 5.11 Å². The predicted molar refractivity (Wildman–Crippen MR) is 87.3 cm³/mol. The lowest BCUT2D eigenvalue weighted by atomic mass is 10.0. The number of carbonyl (C=O) groups excluding carboxylic acids is 1. The highest BCUT2D eigenvalue weighted by molar-refractivity contribution is 6.08. The molecule has 1 amide bonds. The SMILES string of the molecule is O=C(O)CNC(=O)c1c(=O)oc(O)c2ccc(-c3ccncc3)cc12. The Morgan fingerprint density at radius 2 is 1.80 bits per heavy atom. The monoisotopic (exact) mass is 340 g/mol. The topological polar surface area (TPSA) is 130 Å². The Morgan fingerprint density at radius 3 is 2.48 bits per heavy atom. The van der Waals surface area contributed by atoms with Crippen LogP contribution in [0.5, 0.6) is 5.95 Å². The van der Waals surface area contributed by atoms with Crippen LogP contribution in [-0.4, -0.2) is 33.6 Å². The summed E-state index contributed by atoms with van der Waals surface area (Å²) in [6.07, 6.45) is 3.19. The van der Waals surface area contributed by atoms with Crippen LogP contribution in [0.2, 0.25) is 0 Å². The molecule has 2 aromatic heterocycles. The molecule has 126 valence electrons. The molecule has 8 nitrogen and oxygen atoms in total. The largest absolute Gasteiger partial charge is 0.480 e. The number of fused-ring (bicyclic) bond motifs is 1. The van der Waals surface area contributed by atoms with E-state index >= 15 is 0 Å². The number of aromatic hydroxyl groups is 1. The molecule has 0 atom stereocenters. The second-order valence-corrected chi connectivity index (χ2v) is 5.14. The summed E-state index contributed by atoms with van der Waals surface area (Å²) in [6, 6.07) is 8.25.